The molecule has 0 atom stereocenters. The third-order valence-electron chi connectivity index (χ3n) is 0. The number of halogens is 3. The number of hydrogen-bond acceptors (Lipinski definition) is 0. The molecule has 0 aromatic rings. The van der Waals surface area contributed by atoms with E-state index in [2.05, 4.69) is 0 Å². The van der Waals surface area contributed by atoms with Crippen molar-refractivity contribution in [3.63, 3.8) is 0 Å². The topological polar surface area (TPSA) is 0 Å². The van der Waals surface area contributed by atoms with Gasteiger partial charge >= 0.3 is 52.1 Å². The van der Waals surface area contributed by atoms with Gasteiger partial charge in [0.15, 0.2) is 0 Å². The first-order valence-electron chi connectivity index (χ1n) is 0.756. The molecule has 0 aliphatic carbocycles. The van der Waals surface area contributed by atoms with Crippen LogP contribution in [0.4, 0.5) is 0 Å². The number of hydrogen-bond donors (Lipinski definition) is 0. The second kappa shape index (κ2) is 16.4. The van der Waals surface area contributed by atoms with Gasteiger partial charge in [-0.1, -0.05) is 0 Å². The third-order valence-corrected chi connectivity index (χ3v) is 0. The van der Waals surface area contributed by atoms with Gasteiger partial charge in [-0.3, -0.25) is 10.0 Å². The van der Waals surface area contributed by atoms with Crippen LogP contribution in [0.15, 0.2) is 0 Å². The molecule has 5 heteroatoms. The Bertz CT molecular complexity index is 6.85. The van der Waals surface area contributed by atoms with Gasteiger partial charge in [0, 0.05) is 0 Å². The molecule has 0 unspecified atom stereocenters. The van der Waals surface area contributed by atoms with Crippen molar-refractivity contribution in [2.24, 2.45) is 0 Å². The molecule has 0 nitrogen and oxygen atoms in total. The Labute approximate surface area is 61.4 Å². The molecule has 0 aliphatic heterocycles. The summed E-state index contributed by atoms with van der Waals surface area (Å²) in [6.45, 7) is 0. The summed E-state index contributed by atoms with van der Waals surface area (Å²) in [5.74, 6) is 0. The van der Waals surface area contributed by atoms with Gasteiger partial charge in [-0.25, -0.2) is 0 Å². The van der Waals surface area contributed by atoms with Gasteiger partial charge in [-0.2, -0.15) is 0 Å². The Hall–Kier alpha value is 2.20. The Morgan fingerprint density at radius 2 is 1.20 bits per heavy atom. The average molecular weight is 254 g/mol. The van der Waals surface area contributed by atoms with E-state index >= 15 is 0 Å². The van der Waals surface area contributed by atoms with Crippen molar-refractivity contribution in [1.29, 1.82) is 0 Å². The summed E-state index contributed by atoms with van der Waals surface area (Å²) in [4.78, 5) is 0. The van der Waals surface area contributed by atoms with Crippen LogP contribution < -0.4 is 0 Å². The van der Waals surface area contributed by atoms with E-state index in [1.807, 2.05) is 0 Å². The van der Waals surface area contributed by atoms with Crippen LogP contribution in [0, 0.1) is 0 Å². The molecule has 5 heavy (non-hydrogen) atoms. The first-order valence-corrected chi connectivity index (χ1v) is 11.0. The van der Waals surface area contributed by atoms with Gasteiger partial charge in [0.1, 0.15) is 0 Å². The fraction of sp³-hybridized carbons (Fsp3) is 0. The monoisotopic (exact) mass is 254 g/mol. The predicted octanol–water partition coefficient (Wildman–Crippen LogP) is 0.771. The molecular weight excluding hydrogens is 252 g/mol. The summed E-state index contributed by atoms with van der Waals surface area (Å²) in [7, 11) is 14.6. The molecule has 0 aliphatic rings. The van der Waals surface area contributed by atoms with Crippen LogP contribution in [0.1, 0.15) is 0 Å². The standard InChI is InChI=1S/Al.3ClH.Sn.2H/h;3*1H;;;/q+1;;;;+2;;/p-3. The zero-order valence-corrected chi connectivity index (χ0v) is 9.76. The van der Waals surface area contributed by atoms with Crippen LogP contribution in [0.2, 0.25) is 0 Å². The fourth-order valence-corrected chi connectivity index (χ4v) is 0. The molecule has 30 valence electrons. The molecule has 0 saturated carbocycles. The Balaban J connectivity index is 0. The third kappa shape index (κ3) is 22.6. The van der Waals surface area contributed by atoms with Gasteiger partial charge in [-0.15, -0.1) is 0 Å². The number of rotatable bonds is 0. The summed E-state index contributed by atoms with van der Waals surface area (Å²) >= 11 is -0.0478. The van der Waals surface area contributed by atoms with Crippen molar-refractivity contribution in [3.05, 3.63) is 0 Å². The van der Waals surface area contributed by atoms with Crippen LogP contribution >= 0.6 is 27.9 Å². The predicted molar refractivity (Wildman–Crippen MR) is 31.9 cm³/mol. The summed E-state index contributed by atoms with van der Waals surface area (Å²) in [6, 6.07) is 0. The fourth-order valence-electron chi connectivity index (χ4n) is 0. The summed E-state index contributed by atoms with van der Waals surface area (Å²) in [6.07, 6.45) is 0. The summed E-state index contributed by atoms with van der Waals surface area (Å²) in [5.41, 5.74) is 0. The van der Waals surface area contributed by atoms with E-state index in [-0.39, 0.29) is 0 Å². The van der Waals surface area contributed by atoms with E-state index in [9.17, 15) is 0 Å². The molecule has 0 aromatic carbocycles. The Kier molecular flexibility index (Phi) is 33.5. The average Bonchev–Trinajstić information content (AvgIpc) is 1.46. The van der Waals surface area contributed by atoms with E-state index < -0.39 is 18.9 Å². The second-order valence-corrected chi connectivity index (χ2v) is 4.31. The van der Waals surface area contributed by atoms with Gasteiger partial charge in [-0.05, 0) is 0 Å². The van der Waals surface area contributed by atoms with Crippen LogP contribution in [0.3, 0.4) is 0 Å². The minimum atomic E-state index is -0.826. The van der Waals surface area contributed by atoms with Gasteiger partial charge in [0.05, 0.1) is 0 Å². The quantitative estimate of drug-likeness (QED) is 0.560. The molecule has 0 amide bonds. The summed E-state index contributed by atoms with van der Waals surface area (Å²) < 4.78 is 0. The van der Waals surface area contributed by atoms with Gasteiger partial charge < -0.3 is 0 Å². The van der Waals surface area contributed by atoms with Crippen molar-refractivity contribution >= 4 is 62.1 Å². The van der Waals surface area contributed by atoms with E-state index in [1.54, 1.807) is 0 Å². The zero-order chi connectivity index (χ0) is 4.71. The normalized spacial score (nSPS) is 4.60. The molecule has 0 bridgehead atoms. The Morgan fingerprint density at radius 3 is 1.20 bits per heavy atom. The van der Waals surface area contributed by atoms with Crippen LogP contribution in [0.25, 0.3) is 0 Å². The van der Waals surface area contributed by atoms with Crippen LogP contribution in [-0.4, -0.2) is 34.3 Å². The molecule has 0 N–H and O–H groups in total. The second-order valence-electron chi connectivity index (χ2n) is 0.0714. The van der Waals surface area contributed by atoms with E-state index in [0.717, 1.165) is 15.4 Å². The van der Waals surface area contributed by atoms with E-state index in [0.29, 0.717) is 0 Å². The molecular formula is H2AlCl3Sn. The molecule has 0 heterocycles. The van der Waals surface area contributed by atoms with Crippen molar-refractivity contribution in [2.75, 3.05) is 0 Å². The van der Waals surface area contributed by atoms with Crippen molar-refractivity contribution in [1.82, 2.24) is 0 Å². The molecule has 0 aromatic heterocycles. The van der Waals surface area contributed by atoms with Crippen molar-refractivity contribution in [3.8, 4) is 0 Å². The molecule has 0 fully saturated rings. The summed E-state index contributed by atoms with van der Waals surface area (Å²) in [5, 5.41) is 0. The van der Waals surface area contributed by atoms with Crippen LogP contribution in [-0.2, 0) is 0 Å². The first kappa shape index (κ1) is 10.2. The maximum atomic E-state index is 4.93. The maximum absolute atomic E-state index is 4.93. The minimum absolute atomic E-state index is 0.778. The molecule has 0 spiro atoms. The van der Waals surface area contributed by atoms with Gasteiger partial charge in [0.2, 0.25) is 0 Å². The molecule has 0 rings (SSSR count). The van der Waals surface area contributed by atoms with Crippen molar-refractivity contribution < 1.29 is 0 Å². The molecule has 0 saturated heterocycles. The first-order chi connectivity index (χ1) is 2.41. The molecule has 2 radical (unpaired) electrons. The zero-order valence-electron chi connectivity index (χ0n) is 2.63. The Morgan fingerprint density at radius 1 is 1.20 bits per heavy atom. The van der Waals surface area contributed by atoms with E-state index in [1.165, 1.54) is 0 Å². The SMILES string of the molecule is [AlH2][Cl].[Cl][Sn][Cl]. The van der Waals surface area contributed by atoms with Crippen LogP contribution in [0.5, 0.6) is 0 Å². The van der Waals surface area contributed by atoms with Gasteiger partial charge in [0.25, 0.3) is 0 Å². The van der Waals surface area contributed by atoms with E-state index in [4.69, 9.17) is 27.9 Å². The van der Waals surface area contributed by atoms with Crippen molar-refractivity contribution in [2.45, 2.75) is 0 Å².